The zero-order valence-electron chi connectivity index (χ0n) is 13.5. The summed E-state index contributed by atoms with van der Waals surface area (Å²) in [7, 11) is 0. The maximum absolute atomic E-state index is 13.2. The third kappa shape index (κ3) is 3.16. The average molecular weight is 433 g/mol. The molecule has 2 heterocycles. The summed E-state index contributed by atoms with van der Waals surface area (Å²) in [5.41, 5.74) is 1.26. The number of rotatable bonds is 2. The Bertz CT molecular complexity index is 1040. The lowest BCUT2D eigenvalue weighted by Gasteiger charge is -2.11. The van der Waals surface area contributed by atoms with Gasteiger partial charge in [0.05, 0.1) is 32.0 Å². The second kappa shape index (κ2) is 6.62. The van der Waals surface area contributed by atoms with Gasteiger partial charge in [-0.3, -0.25) is 0 Å². The molecule has 3 nitrogen and oxygen atoms in total. The number of anilines is 1. The van der Waals surface area contributed by atoms with Crippen LogP contribution in [0.25, 0.3) is 16.9 Å². The van der Waals surface area contributed by atoms with E-state index in [1.165, 1.54) is 12.1 Å². The van der Waals surface area contributed by atoms with E-state index in [1.807, 2.05) is 0 Å². The molecule has 1 aromatic heterocycles. The molecule has 0 unspecified atom stereocenters. The molecule has 0 bridgehead atoms. The van der Waals surface area contributed by atoms with E-state index >= 15 is 0 Å². The molecule has 1 aliphatic heterocycles. The topological polar surface area (TPSA) is 29.9 Å². The zero-order valence-corrected chi connectivity index (χ0v) is 15.8. The largest absolute Gasteiger partial charge is 0.417 e. The Morgan fingerprint density at radius 1 is 1.04 bits per heavy atom. The molecular formula is C18H11Cl3F3N3. The second-order valence-electron chi connectivity index (χ2n) is 6.03. The van der Waals surface area contributed by atoms with Gasteiger partial charge in [-0.25, -0.2) is 4.68 Å². The van der Waals surface area contributed by atoms with Crippen molar-refractivity contribution < 1.29 is 13.2 Å². The summed E-state index contributed by atoms with van der Waals surface area (Å²) in [6.07, 6.45) is -3.92. The molecule has 9 heteroatoms. The third-order valence-electron chi connectivity index (χ3n) is 4.36. The Morgan fingerprint density at radius 3 is 2.56 bits per heavy atom. The van der Waals surface area contributed by atoms with Crippen LogP contribution < -0.4 is 5.32 Å². The minimum Gasteiger partial charge on any atom is -0.369 e. The van der Waals surface area contributed by atoms with Crippen molar-refractivity contribution in [2.24, 2.45) is 0 Å². The van der Waals surface area contributed by atoms with Gasteiger partial charge in [-0.05, 0) is 30.7 Å². The van der Waals surface area contributed by atoms with Gasteiger partial charge < -0.3 is 5.32 Å². The molecule has 0 saturated carbocycles. The fourth-order valence-corrected chi connectivity index (χ4v) is 3.73. The lowest BCUT2D eigenvalue weighted by atomic mass is 10.0. The van der Waals surface area contributed by atoms with Crippen LogP contribution in [-0.2, 0) is 12.6 Å². The second-order valence-corrected chi connectivity index (χ2v) is 7.22. The maximum Gasteiger partial charge on any atom is 0.417 e. The maximum atomic E-state index is 13.2. The number of alkyl halides is 3. The van der Waals surface area contributed by atoms with E-state index in [-0.39, 0.29) is 5.02 Å². The highest BCUT2D eigenvalue weighted by atomic mass is 35.5. The van der Waals surface area contributed by atoms with Crippen LogP contribution in [0.5, 0.6) is 0 Å². The first kappa shape index (κ1) is 18.5. The van der Waals surface area contributed by atoms with Gasteiger partial charge in [-0.1, -0.05) is 46.9 Å². The van der Waals surface area contributed by atoms with Gasteiger partial charge in [0.2, 0.25) is 0 Å². The first-order chi connectivity index (χ1) is 12.8. The number of halogens is 6. The highest BCUT2D eigenvalue weighted by molar-refractivity contribution is 6.43. The molecule has 1 aliphatic rings. The molecule has 4 rings (SSSR count). The van der Waals surface area contributed by atoms with Crippen molar-refractivity contribution in [3.63, 3.8) is 0 Å². The molecule has 3 aromatic rings. The monoisotopic (exact) mass is 431 g/mol. The van der Waals surface area contributed by atoms with E-state index in [0.717, 1.165) is 11.6 Å². The summed E-state index contributed by atoms with van der Waals surface area (Å²) in [5.74, 6) is 0.692. The molecule has 2 aromatic carbocycles. The first-order valence-electron chi connectivity index (χ1n) is 7.94. The van der Waals surface area contributed by atoms with Crippen LogP contribution in [0, 0.1) is 0 Å². The molecule has 140 valence electrons. The summed E-state index contributed by atoms with van der Waals surface area (Å²) in [5, 5.41) is 8.07. The molecule has 0 spiro atoms. The van der Waals surface area contributed by atoms with Gasteiger partial charge in [-0.15, -0.1) is 0 Å². The van der Waals surface area contributed by atoms with Crippen LogP contribution in [0.3, 0.4) is 0 Å². The van der Waals surface area contributed by atoms with Crippen LogP contribution in [-0.4, -0.2) is 16.3 Å². The third-order valence-corrected chi connectivity index (χ3v) is 5.49. The van der Waals surface area contributed by atoms with E-state index in [2.05, 4.69) is 10.4 Å². The van der Waals surface area contributed by atoms with Crippen LogP contribution in [0.2, 0.25) is 15.1 Å². The van der Waals surface area contributed by atoms with Gasteiger partial charge in [0.25, 0.3) is 0 Å². The molecule has 0 fully saturated rings. The number of hydrogen-bond acceptors (Lipinski definition) is 2. The van der Waals surface area contributed by atoms with Crippen molar-refractivity contribution in [2.75, 3.05) is 11.9 Å². The van der Waals surface area contributed by atoms with Crippen molar-refractivity contribution in [1.29, 1.82) is 0 Å². The zero-order chi connectivity index (χ0) is 19.3. The number of nitrogens with zero attached hydrogens (tertiary/aromatic N) is 2. The van der Waals surface area contributed by atoms with E-state index in [0.29, 0.717) is 45.8 Å². The summed E-state index contributed by atoms with van der Waals surface area (Å²) in [4.78, 5) is 0. The Morgan fingerprint density at radius 2 is 1.81 bits per heavy atom. The molecule has 1 N–H and O–H groups in total. The lowest BCUT2D eigenvalue weighted by molar-refractivity contribution is -0.137. The van der Waals surface area contributed by atoms with Crippen LogP contribution in [0.4, 0.5) is 19.0 Å². The molecule has 0 saturated heterocycles. The van der Waals surface area contributed by atoms with E-state index in [9.17, 15) is 13.2 Å². The van der Waals surface area contributed by atoms with Gasteiger partial charge in [-0.2, -0.15) is 18.3 Å². The molecule has 0 radical (unpaired) electrons. The summed E-state index contributed by atoms with van der Waals surface area (Å²) >= 11 is 18.1. The van der Waals surface area contributed by atoms with Crippen molar-refractivity contribution in [3.8, 4) is 16.9 Å². The molecule has 0 amide bonds. The predicted molar refractivity (Wildman–Crippen MR) is 101 cm³/mol. The van der Waals surface area contributed by atoms with Crippen molar-refractivity contribution in [1.82, 2.24) is 9.78 Å². The first-order valence-corrected chi connectivity index (χ1v) is 9.08. The Labute approximate surface area is 167 Å². The molecular weight excluding hydrogens is 422 g/mol. The number of nitrogens with one attached hydrogen (secondary N) is 1. The standard InChI is InChI=1S/C18H11Cl3F3N3/c19-12-5-4-9(8-11(12)18(22,23)24)16-10-6-7-25-17(10)27(26-16)14-3-1-2-13(20)15(14)21/h1-5,8,25H,6-7H2. The Balaban J connectivity index is 1.91. The van der Waals surface area contributed by atoms with Gasteiger partial charge in [0, 0.05) is 17.7 Å². The highest BCUT2D eigenvalue weighted by Gasteiger charge is 2.34. The smallest absolute Gasteiger partial charge is 0.369 e. The summed E-state index contributed by atoms with van der Waals surface area (Å²) < 4.78 is 41.3. The lowest BCUT2D eigenvalue weighted by Crippen LogP contribution is -2.07. The number of hydrogen-bond donors (Lipinski definition) is 1. The molecule has 27 heavy (non-hydrogen) atoms. The van der Waals surface area contributed by atoms with E-state index in [1.54, 1.807) is 22.9 Å². The van der Waals surface area contributed by atoms with Gasteiger partial charge in [0.15, 0.2) is 0 Å². The number of aromatic nitrogens is 2. The number of fused-ring (bicyclic) bond motifs is 1. The van der Waals surface area contributed by atoms with E-state index < -0.39 is 11.7 Å². The average Bonchev–Trinajstić information content (AvgIpc) is 3.20. The highest BCUT2D eigenvalue weighted by Crippen LogP contribution is 2.41. The predicted octanol–water partition coefficient (Wildman–Crippen LogP) is 6.49. The Hall–Kier alpha value is -1.89. The molecule has 0 atom stereocenters. The van der Waals surface area contributed by atoms with E-state index in [4.69, 9.17) is 34.8 Å². The van der Waals surface area contributed by atoms with Crippen molar-refractivity contribution >= 4 is 40.6 Å². The fourth-order valence-electron chi connectivity index (χ4n) is 3.13. The van der Waals surface area contributed by atoms with Gasteiger partial charge in [0.1, 0.15) is 5.82 Å². The van der Waals surface area contributed by atoms with Crippen LogP contribution >= 0.6 is 34.8 Å². The van der Waals surface area contributed by atoms with Gasteiger partial charge >= 0.3 is 6.18 Å². The van der Waals surface area contributed by atoms with Crippen molar-refractivity contribution in [2.45, 2.75) is 12.6 Å². The van der Waals surface area contributed by atoms with Crippen LogP contribution in [0.1, 0.15) is 11.1 Å². The van der Waals surface area contributed by atoms with Crippen LogP contribution in [0.15, 0.2) is 36.4 Å². The van der Waals surface area contributed by atoms with Crippen molar-refractivity contribution in [3.05, 3.63) is 62.6 Å². The summed E-state index contributed by atoms with van der Waals surface area (Å²) in [6.45, 7) is 0.651. The Kier molecular flexibility index (Phi) is 4.53. The number of benzene rings is 2. The minimum atomic E-state index is -4.55. The quantitative estimate of drug-likeness (QED) is 0.502. The fraction of sp³-hybridized carbons (Fsp3) is 0.167. The SMILES string of the molecule is FC(F)(F)c1cc(-c2nn(-c3cccc(Cl)c3Cl)c3c2CCN3)ccc1Cl. The molecule has 0 aliphatic carbocycles. The minimum absolute atomic E-state index is 0.316. The normalized spacial score (nSPS) is 13.6. The summed E-state index contributed by atoms with van der Waals surface area (Å²) in [6, 6.07) is 8.92.